The topological polar surface area (TPSA) is 38.8 Å². The largest absolute Gasteiger partial charge is 0.345 e. The van der Waals surface area contributed by atoms with Gasteiger partial charge in [0.05, 0.1) is 18.1 Å². The van der Waals surface area contributed by atoms with Gasteiger partial charge >= 0.3 is 0 Å². The third kappa shape index (κ3) is 2.26. The number of fused-ring (bicyclic) bond motifs is 1. The van der Waals surface area contributed by atoms with Crippen molar-refractivity contribution in [2.75, 3.05) is 19.8 Å². The van der Waals surface area contributed by atoms with Crippen molar-refractivity contribution < 1.29 is 14.3 Å². The van der Waals surface area contributed by atoms with Gasteiger partial charge < -0.3 is 14.4 Å². The lowest BCUT2D eigenvalue weighted by atomic mass is 10.1. The zero-order valence-corrected chi connectivity index (χ0v) is 13.2. The summed E-state index contributed by atoms with van der Waals surface area (Å²) in [6, 6.07) is 10.3. The van der Waals surface area contributed by atoms with Crippen molar-refractivity contribution >= 4 is 17.2 Å². The van der Waals surface area contributed by atoms with E-state index in [9.17, 15) is 4.79 Å². The van der Waals surface area contributed by atoms with Crippen LogP contribution in [0.2, 0.25) is 0 Å². The van der Waals surface area contributed by atoms with E-state index in [1.165, 1.54) is 4.88 Å². The van der Waals surface area contributed by atoms with Crippen molar-refractivity contribution in [2.24, 2.45) is 0 Å². The zero-order chi connectivity index (χ0) is 15.1. The summed E-state index contributed by atoms with van der Waals surface area (Å²) in [5.41, 5.74) is 3.11. The molecule has 22 heavy (non-hydrogen) atoms. The second-order valence-electron chi connectivity index (χ2n) is 5.47. The quantitative estimate of drug-likeness (QED) is 0.871. The molecule has 4 rings (SSSR count). The van der Waals surface area contributed by atoms with E-state index in [1.807, 2.05) is 24.0 Å². The van der Waals surface area contributed by atoms with E-state index < -0.39 is 0 Å². The Kier molecular flexibility index (Phi) is 3.48. The van der Waals surface area contributed by atoms with E-state index in [4.69, 9.17) is 9.47 Å². The first-order valence-corrected chi connectivity index (χ1v) is 8.33. The Balaban J connectivity index is 1.63. The fourth-order valence-corrected chi connectivity index (χ4v) is 3.95. The number of rotatable bonds is 3. The average molecular weight is 315 g/mol. The monoisotopic (exact) mass is 315 g/mol. The molecule has 2 aliphatic heterocycles. The van der Waals surface area contributed by atoms with Crippen LogP contribution in [0.3, 0.4) is 0 Å². The van der Waals surface area contributed by atoms with E-state index in [-0.39, 0.29) is 12.2 Å². The molecule has 2 aliphatic rings. The molecule has 0 aliphatic carbocycles. The van der Waals surface area contributed by atoms with Gasteiger partial charge in [0, 0.05) is 23.5 Å². The summed E-state index contributed by atoms with van der Waals surface area (Å²) >= 11 is 1.69. The highest BCUT2D eigenvalue weighted by molar-refractivity contribution is 7.15. The summed E-state index contributed by atoms with van der Waals surface area (Å²) in [5, 5.41) is 0. The lowest BCUT2D eigenvalue weighted by Crippen LogP contribution is -2.22. The lowest BCUT2D eigenvalue weighted by Gasteiger charge is -2.10. The second kappa shape index (κ2) is 5.50. The van der Waals surface area contributed by atoms with Gasteiger partial charge in [0.25, 0.3) is 5.91 Å². The molecule has 0 bridgehead atoms. The number of amides is 1. The maximum atomic E-state index is 12.1. The molecule has 4 nitrogen and oxygen atoms in total. The van der Waals surface area contributed by atoms with Crippen LogP contribution in [0.25, 0.3) is 10.4 Å². The van der Waals surface area contributed by atoms with E-state index in [1.54, 1.807) is 11.3 Å². The summed E-state index contributed by atoms with van der Waals surface area (Å²) in [6.45, 7) is 4.79. The number of benzene rings is 1. The van der Waals surface area contributed by atoms with Crippen LogP contribution in [0.4, 0.5) is 0 Å². The molecule has 3 heterocycles. The molecule has 1 amide bonds. The highest BCUT2D eigenvalue weighted by Gasteiger charge is 2.26. The van der Waals surface area contributed by atoms with Gasteiger partial charge in [-0.1, -0.05) is 6.07 Å². The van der Waals surface area contributed by atoms with Gasteiger partial charge in [-0.15, -0.1) is 11.3 Å². The Bertz CT molecular complexity index is 718. The Morgan fingerprint density at radius 2 is 2.05 bits per heavy atom. The number of hydrogen-bond acceptors (Lipinski definition) is 4. The first-order valence-electron chi connectivity index (χ1n) is 7.52. The molecule has 1 aromatic carbocycles. The minimum Gasteiger partial charge on any atom is -0.345 e. The van der Waals surface area contributed by atoms with Crippen LogP contribution in [0.15, 0.2) is 30.3 Å². The predicted molar refractivity (Wildman–Crippen MR) is 84.8 cm³/mol. The van der Waals surface area contributed by atoms with Crippen LogP contribution in [0, 0.1) is 0 Å². The van der Waals surface area contributed by atoms with Crippen LogP contribution >= 0.6 is 11.3 Å². The molecule has 0 saturated carbocycles. The maximum Gasteiger partial charge on any atom is 0.254 e. The molecule has 114 valence electrons. The summed E-state index contributed by atoms with van der Waals surface area (Å²) in [4.78, 5) is 16.3. The van der Waals surface area contributed by atoms with E-state index in [0.717, 1.165) is 28.1 Å². The molecule has 0 unspecified atom stereocenters. The smallest absolute Gasteiger partial charge is 0.254 e. The van der Waals surface area contributed by atoms with Crippen molar-refractivity contribution in [1.82, 2.24) is 4.90 Å². The van der Waals surface area contributed by atoms with Crippen LogP contribution in [0.5, 0.6) is 0 Å². The predicted octanol–water partition coefficient (Wildman–Crippen LogP) is 3.44. The molecule has 0 N–H and O–H groups in total. The molecule has 0 atom stereocenters. The maximum absolute atomic E-state index is 12.1. The summed E-state index contributed by atoms with van der Waals surface area (Å²) < 4.78 is 11.1. The van der Waals surface area contributed by atoms with Crippen molar-refractivity contribution in [3.8, 4) is 10.4 Å². The number of nitrogens with zero attached hydrogens (tertiary/aromatic N) is 1. The minimum absolute atomic E-state index is 0.142. The van der Waals surface area contributed by atoms with Gasteiger partial charge in [-0.2, -0.15) is 0 Å². The van der Waals surface area contributed by atoms with Crippen molar-refractivity contribution in [3.05, 3.63) is 46.3 Å². The SMILES string of the molecule is CCN1Cc2cc(-c3ccc(C4OCCO4)s3)ccc2C1=O. The molecule has 0 radical (unpaired) electrons. The molecule has 0 spiro atoms. The fraction of sp³-hybridized carbons (Fsp3) is 0.353. The first kappa shape index (κ1) is 13.9. The second-order valence-corrected chi connectivity index (χ2v) is 6.58. The number of ether oxygens (including phenoxy) is 2. The van der Waals surface area contributed by atoms with Gasteiger partial charge in [0.1, 0.15) is 0 Å². The number of carbonyl (C=O) groups is 1. The average Bonchev–Trinajstić information content (AvgIpc) is 3.26. The fourth-order valence-electron chi connectivity index (χ4n) is 2.95. The van der Waals surface area contributed by atoms with E-state index >= 15 is 0 Å². The summed E-state index contributed by atoms with van der Waals surface area (Å²) in [5.74, 6) is 0.142. The molecule has 1 fully saturated rings. The first-order chi connectivity index (χ1) is 10.8. The van der Waals surface area contributed by atoms with Gasteiger partial charge in [0.2, 0.25) is 0 Å². The number of thiophene rings is 1. The number of carbonyl (C=O) groups excluding carboxylic acids is 1. The molecular weight excluding hydrogens is 298 g/mol. The van der Waals surface area contributed by atoms with Gasteiger partial charge in [-0.05, 0) is 42.3 Å². The molecule has 1 saturated heterocycles. The number of hydrogen-bond donors (Lipinski definition) is 0. The highest BCUT2D eigenvalue weighted by Crippen LogP contribution is 2.36. The van der Waals surface area contributed by atoms with Crippen LogP contribution in [-0.4, -0.2) is 30.6 Å². The Morgan fingerprint density at radius 1 is 1.23 bits per heavy atom. The Labute approximate surface area is 133 Å². The minimum atomic E-state index is -0.217. The van der Waals surface area contributed by atoms with Gasteiger partial charge in [-0.25, -0.2) is 0 Å². The lowest BCUT2D eigenvalue weighted by molar-refractivity contribution is -0.0413. The molecule has 1 aromatic heterocycles. The van der Waals surface area contributed by atoms with Crippen LogP contribution in [-0.2, 0) is 16.0 Å². The highest BCUT2D eigenvalue weighted by atomic mass is 32.1. The van der Waals surface area contributed by atoms with E-state index in [2.05, 4.69) is 18.2 Å². The van der Waals surface area contributed by atoms with Gasteiger partial charge in [-0.3, -0.25) is 4.79 Å². The zero-order valence-electron chi connectivity index (χ0n) is 12.4. The van der Waals surface area contributed by atoms with Crippen molar-refractivity contribution in [2.45, 2.75) is 19.8 Å². The van der Waals surface area contributed by atoms with Crippen molar-refractivity contribution in [1.29, 1.82) is 0 Å². The summed E-state index contributed by atoms with van der Waals surface area (Å²) in [7, 11) is 0. The molecular formula is C17H17NO3S. The van der Waals surface area contributed by atoms with Crippen LogP contribution < -0.4 is 0 Å². The summed E-state index contributed by atoms with van der Waals surface area (Å²) in [6.07, 6.45) is -0.217. The Morgan fingerprint density at radius 3 is 2.82 bits per heavy atom. The normalized spacial score (nSPS) is 18.2. The Hall–Kier alpha value is -1.69. The van der Waals surface area contributed by atoms with Gasteiger partial charge in [0.15, 0.2) is 6.29 Å². The van der Waals surface area contributed by atoms with E-state index in [0.29, 0.717) is 19.8 Å². The molecule has 2 aromatic rings. The molecule has 5 heteroatoms. The standard InChI is InChI=1S/C17H17NO3S/c1-2-18-10-12-9-11(3-4-13(12)16(18)19)14-5-6-15(22-14)17-20-7-8-21-17/h3-6,9,17H,2,7-8,10H2,1H3. The van der Waals surface area contributed by atoms with Crippen molar-refractivity contribution in [3.63, 3.8) is 0 Å². The van der Waals surface area contributed by atoms with Crippen LogP contribution in [0.1, 0.15) is 34.0 Å². The third-order valence-corrected chi connectivity index (χ3v) is 5.29. The third-order valence-electron chi connectivity index (χ3n) is 4.13.